The zero-order valence-corrected chi connectivity index (χ0v) is 13.4. The molecule has 2 heterocycles. The molecule has 2 aliphatic rings. The van der Waals surface area contributed by atoms with Gasteiger partial charge in [-0.05, 0) is 20.8 Å². The van der Waals surface area contributed by atoms with Crippen LogP contribution in [0.3, 0.4) is 0 Å². The van der Waals surface area contributed by atoms with E-state index in [-0.39, 0.29) is 0 Å². The Balaban J connectivity index is 1.99. The molecule has 6 atom stereocenters. The van der Waals surface area contributed by atoms with E-state index in [4.69, 9.17) is 28.4 Å². The minimum Gasteiger partial charge on any atom is -0.394 e. The molecule has 0 bridgehead atoms. The van der Waals surface area contributed by atoms with E-state index in [9.17, 15) is 10.2 Å². The fraction of sp³-hybridized carbons (Fsp3) is 1.00. The highest BCUT2D eigenvalue weighted by atomic mass is 16.8. The summed E-state index contributed by atoms with van der Waals surface area (Å²) in [5.41, 5.74) is 0. The molecule has 8 heteroatoms. The molecule has 22 heavy (non-hydrogen) atoms. The van der Waals surface area contributed by atoms with E-state index in [1.807, 2.05) is 0 Å². The van der Waals surface area contributed by atoms with Gasteiger partial charge in [0.1, 0.15) is 24.4 Å². The molecule has 0 amide bonds. The predicted molar refractivity (Wildman–Crippen MR) is 74.0 cm³/mol. The first kappa shape index (κ1) is 18.0. The average molecular weight is 322 g/mol. The summed E-state index contributed by atoms with van der Waals surface area (Å²) in [5.74, 6) is -0.785. The van der Waals surface area contributed by atoms with E-state index in [1.54, 1.807) is 27.9 Å². The summed E-state index contributed by atoms with van der Waals surface area (Å²) >= 11 is 0. The minimum absolute atomic E-state index is 0.384. The molecule has 2 N–H and O–H groups in total. The number of methoxy groups -OCH3 is 1. The number of aliphatic hydroxyl groups is 2. The van der Waals surface area contributed by atoms with E-state index in [0.717, 1.165) is 0 Å². The largest absolute Gasteiger partial charge is 0.394 e. The van der Waals surface area contributed by atoms with E-state index in [1.165, 1.54) is 0 Å². The maximum absolute atomic E-state index is 9.91. The highest BCUT2D eigenvalue weighted by Gasteiger charge is 2.57. The van der Waals surface area contributed by atoms with Crippen molar-refractivity contribution in [2.24, 2.45) is 0 Å². The molecule has 0 saturated carbocycles. The van der Waals surface area contributed by atoms with Crippen LogP contribution in [0.15, 0.2) is 0 Å². The third kappa shape index (κ3) is 4.15. The lowest BCUT2D eigenvalue weighted by molar-refractivity contribution is -0.250. The summed E-state index contributed by atoms with van der Waals surface area (Å²) in [4.78, 5) is 0. The van der Waals surface area contributed by atoms with Gasteiger partial charge in [-0.2, -0.15) is 0 Å². The minimum atomic E-state index is -1.09. The highest BCUT2D eigenvalue weighted by Crippen LogP contribution is 2.40. The van der Waals surface area contributed by atoms with Crippen molar-refractivity contribution in [2.45, 2.75) is 63.6 Å². The zero-order chi connectivity index (χ0) is 16.3. The zero-order valence-electron chi connectivity index (χ0n) is 13.4. The Morgan fingerprint density at radius 2 is 1.95 bits per heavy atom. The van der Waals surface area contributed by atoms with Crippen molar-refractivity contribution in [1.29, 1.82) is 0 Å². The molecule has 0 aromatic heterocycles. The van der Waals surface area contributed by atoms with Gasteiger partial charge in [0.15, 0.2) is 18.4 Å². The molecule has 2 saturated heterocycles. The molecule has 0 radical (unpaired) electrons. The van der Waals surface area contributed by atoms with Gasteiger partial charge >= 0.3 is 0 Å². The summed E-state index contributed by atoms with van der Waals surface area (Å²) < 4.78 is 33.3. The second kappa shape index (κ2) is 7.50. The van der Waals surface area contributed by atoms with E-state index in [0.29, 0.717) is 13.2 Å². The smallest absolute Gasteiger partial charge is 0.190 e. The van der Waals surface area contributed by atoms with Crippen molar-refractivity contribution in [3.8, 4) is 0 Å². The van der Waals surface area contributed by atoms with Crippen molar-refractivity contribution in [2.75, 3.05) is 26.9 Å². The number of fused-ring (bicyclic) bond motifs is 1. The molecular formula is C14H26O8. The number of hydrogen-bond donors (Lipinski definition) is 2. The standard InChI is InChI=1S/C14H26O8/c1-8(18-6-5-17-4)19-11-10(9(16)7-15)20-13-12(11)21-14(2,3)22-13/h8-13,15-16H,5-7H2,1-4H3/t8?,9?,10-,11+,12-,13-/m1/s1. The van der Waals surface area contributed by atoms with Crippen LogP contribution in [0.2, 0.25) is 0 Å². The van der Waals surface area contributed by atoms with Crippen LogP contribution < -0.4 is 0 Å². The van der Waals surface area contributed by atoms with Crippen molar-refractivity contribution in [1.82, 2.24) is 0 Å². The number of rotatable bonds is 8. The van der Waals surface area contributed by atoms with Gasteiger partial charge in [-0.3, -0.25) is 0 Å². The Bertz CT molecular complexity index is 350. The van der Waals surface area contributed by atoms with Crippen LogP contribution in [-0.4, -0.2) is 79.9 Å². The van der Waals surface area contributed by atoms with E-state index < -0.39 is 49.4 Å². The molecule has 2 rings (SSSR count). The van der Waals surface area contributed by atoms with Gasteiger partial charge < -0.3 is 38.6 Å². The van der Waals surface area contributed by atoms with Gasteiger partial charge in [0, 0.05) is 7.11 Å². The molecule has 0 aliphatic carbocycles. The van der Waals surface area contributed by atoms with Crippen LogP contribution in [0.1, 0.15) is 20.8 Å². The Hall–Kier alpha value is -0.320. The van der Waals surface area contributed by atoms with Crippen molar-refractivity contribution >= 4 is 0 Å². The molecule has 0 aromatic rings. The van der Waals surface area contributed by atoms with E-state index in [2.05, 4.69) is 0 Å². The van der Waals surface area contributed by atoms with Crippen LogP contribution in [0, 0.1) is 0 Å². The Morgan fingerprint density at radius 1 is 1.23 bits per heavy atom. The van der Waals surface area contributed by atoms with Crippen molar-refractivity contribution in [3.05, 3.63) is 0 Å². The fourth-order valence-corrected chi connectivity index (χ4v) is 2.63. The quantitative estimate of drug-likeness (QED) is 0.461. The molecule has 0 spiro atoms. The van der Waals surface area contributed by atoms with Gasteiger partial charge in [-0.25, -0.2) is 0 Å². The lowest BCUT2D eigenvalue weighted by Gasteiger charge is -2.29. The molecular weight excluding hydrogens is 296 g/mol. The van der Waals surface area contributed by atoms with Crippen molar-refractivity contribution < 1.29 is 38.6 Å². The van der Waals surface area contributed by atoms with Gasteiger partial charge in [-0.15, -0.1) is 0 Å². The average Bonchev–Trinajstić information content (AvgIpc) is 2.92. The topological polar surface area (TPSA) is 95.8 Å². The molecule has 8 nitrogen and oxygen atoms in total. The van der Waals surface area contributed by atoms with Crippen molar-refractivity contribution in [3.63, 3.8) is 0 Å². The molecule has 0 aromatic carbocycles. The lowest BCUT2D eigenvalue weighted by atomic mass is 10.1. The van der Waals surface area contributed by atoms with Gasteiger partial charge in [-0.1, -0.05) is 0 Å². The number of aliphatic hydroxyl groups excluding tert-OH is 2. The van der Waals surface area contributed by atoms with Gasteiger partial charge in [0.2, 0.25) is 0 Å². The highest BCUT2D eigenvalue weighted by molar-refractivity contribution is 4.96. The summed E-state index contributed by atoms with van der Waals surface area (Å²) in [6.07, 6.45) is -4.11. The monoisotopic (exact) mass is 322 g/mol. The first-order valence-electron chi connectivity index (χ1n) is 7.44. The van der Waals surface area contributed by atoms with Gasteiger partial charge in [0.05, 0.1) is 19.8 Å². The third-order valence-corrected chi connectivity index (χ3v) is 3.58. The predicted octanol–water partition coefficient (Wildman–Crippen LogP) is -0.390. The number of ether oxygens (including phenoxy) is 6. The van der Waals surface area contributed by atoms with E-state index >= 15 is 0 Å². The Kier molecular flexibility index (Phi) is 6.14. The molecule has 130 valence electrons. The first-order chi connectivity index (χ1) is 10.4. The SMILES string of the molecule is COCCOC(C)O[C@@H]1[C@H]2OC(C)(C)O[C@H]2O[C@@H]1C(O)CO. The molecule has 2 aliphatic heterocycles. The lowest BCUT2D eigenvalue weighted by Crippen LogP contribution is -2.45. The summed E-state index contributed by atoms with van der Waals surface area (Å²) in [5, 5.41) is 19.1. The van der Waals surface area contributed by atoms with Gasteiger partial charge in [0.25, 0.3) is 0 Å². The maximum Gasteiger partial charge on any atom is 0.190 e. The van der Waals surface area contributed by atoms with Crippen LogP contribution >= 0.6 is 0 Å². The van der Waals surface area contributed by atoms with Crippen LogP contribution in [0.25, 0.3) is 0 Å². The first-order valence-corrected chi connectivity index (χ1v) is 7.44. The summed E-state index contributed by atoms with van der Waals surface area (Å²) in [7, 11) is 1.59. The summed E-state index contributed by atoms with van der Waals surface area (Å²) in [6, 6.07) is 0. The normalized spacial score (nSPS) is 36.3. The Labute approximate surface area is 130 Å². The van der Waals surface area contributed by atoms with Crippen LogP contribution in [0.4, 0.5) is 0 Å². The molecule has 2 unspecified atom stereocenters. The molecule has 2 fully saturated rings. The maximum atomic E-state index is 9.91. The Morgan fingerprint density at radius 3 is 2.59 bits per heavy atom. The fourth-order valence-electron chi connectivity index (χ4n) is 2.63. The van der Waals surface area contributed by atoms with Crippen LogP contribution in [0.5, 0.6) is 0 Å². The number of hydrogen-bond acceptors (Lipinski definition) is 8. The third-order valence-electron chi connectivity index (χ3n) is 3.58. The second-order valence-electron chi connectivity index (χ2n) is 5.85. The van der Waals surface area contributed by atoms with Crippen LogP contribution in [-0.2, 0) is 28.4 Å². The summed E-state index contributed by atoms with van der Waals surface area (Å²) in [6.45, 7) is 5.70. The second-order valence-corrected chi connectivity index (χ2v) is 5.85.